The van der Waals surface area contributed by atoms with Crippen molar-refractivity contribution in [3.63, 3.8) is 0 Å². The van der Waals surface area contributed by atoms with Gasteiger partial charge in [-0.25, -0.2) is 4.98 Å². The maximum atomic E-state index is 12.9. The molecule has 0 aromatic carbocycles. The molecule has 0 aliphatic carbocycles. The fourth-order valence-corrected chi connectivity index (χ4v) is 5.70. The van der Waals surface area contributed by atoms with E-state index in [1.54, 1.807) is 11.8 Å². The van der Waals surface area contributed by atoms with Crippen LogP contribution in [0.2, 0.25) is 0 Å². The lowest BCUT2D eigenvalue weighted by Gasteiger charge is -2.39. The number of rotatable bonds is 3. The van der Waals surface area contributed by atoms with Crippen molar-refractivity contribution in [1.82, 2.24) is 19.8 Å². The first-order chi connectivity index (χ1) is 12.9. The van der Waals surface area contributed by atoms with Crippen molar-refractivity contribution < 1.29 is 9.90 Å². The van der Waals surface area contributed by atoms with E-state index in [9.17, 15) is 14.7 Å². The summed E-state index contributed by atoms with van der Waals surface area (Å²) in [6.07, 6.45) is 2.46. The summed E-state index contributed by atoms with van der Waals surface area (Å²) < 4.78 is 1.52. The Bertz CT molecular complexity index is 925. The maximum absolute atomic E-state index is 12.9. The van der Waals surface area contributed by atoms with Crippen LogP contribution in [0.3, 0.4) is 0 Å². The number of aromatic nitrogens is 2. The number of hydrogen-bond donors (Lipinski definition) is 2. The fraction of sp³-hybridized carbons (Fsp3) is 0.611. The predicted molar refractivity (Wildman–Crippen MR) is 108 cm³/mol. The molecule has 2 aromatic rings. The second-order valence-corrected chi connectivity index (χ2v) is 9.70. The molecule has 4 heterocycles. The normalized spacial score (nSPS) is 22.5. The van der Waals surface area contributed by atoms with Gasteiger partial charge in [-0.3, -0.25) is 19.5 Å². The zero-order valence-corrected chi connectivity index (χ0v) is 17.2. The summed E-state index contributed by atoms with van der Waals surface area (Å²) in [5.74, 6) is 1.74. The van der Waals surface area contributed by atoms with Crippen molar-refractivity contribution in [3.8, 4) is 0 Å². The zero-order valence-electron chi connectivity index (χ0n) is 15.5. The van der Waals surface area contributed by atoms with Gasteiger partial charge in [0.1, 0.15) is 4.83 Å². The van der Waals surface area contributed by atoms with Gasteiger partial charge in [0, 0.05) is 29.6 Å². The SMILES string of the molecule is Cc1sc2ncn(CC3(O)CCN(C(=O)C4CSCN4)CC3)c(=O)c2c1C. The Labute approximate surface area is 165 Å². The summed E-state index contributed by atoms with van der Waals surface area (Å²) in [6.45, 7) is 5.17. The molecule has 146 valence electrons. The van der Waals surface area contributed by atoms with Crippen LogP contribution >= 0.6 is 23.1 Å². The minimum absolute atomic E-state index is 0.0963. The molecule has 7 nitrogen and oxygen atoms in total. The topological polar surface area (TPSA) is 87.5 Å². The van der Waals surface area contributed by atoms with Gasteiger partial charge in [0.15, 0.2) is 0 Å². The number of fused-ring (bicyclic) bond motifs is 1. The highest BCUT2D eigenvalue weighted by molar-refractivity contribution is 7.99. The van der Waals surface area contributed by atoms with Crippen molar-refractivity contribution in [2.45, 2.75) is 44.9 Å². The first kappa shape index (κ1) is 18.9. The van der Waals surface area contributed by atoms with Crippen molar-refractivity contribution in [2.75, 3.05) is 24.7 Å². The summed E-state index contributed by atoms with van der Waals surface area (Å²) in [4.78, 5) is 33.5. The minimum Gasteiger partial charge on any atom is -0.388 e. The number of likely N-dealkylation sites (tertiary alicyclic amines) is 1. The second-order valence-electron chi connectivity index (χ2n) is 7.46. The highest BCUT2D eigenvalue weighted by Gasteiger charge is 2.37. The first-order valence-corrected chi connectivity index (χ1v) is 11.1. The summed E-state index contributed by atoms with van der Waals surface area (Å²) in [7, 11) is 0. The van der Waals surface area contributed by atoms with E-state index in [4.69, 9.17) is 0 Å². The molecule has 2 aliphatic rings. The number of aryl methyl sites for hydroxylation is 2. The molecule has 0 saturated carbocycles. The number of hydrogen-bond acceptors (Lipinski definition) is 7. The third-order valence-electron chi connectivity index (χ3n) is 5.64. The van der Waals surface area contributed by atoms with Crippen LogP contribution in [0.15, 0.2) is 11.1 Å². The number of thioether (sulfide) groups is 1. The molecule has 27 heavy (non-hydrogen) atoms. The molecule has 0 spiro atoms. The summed E-state index contributed by atoms with van der Waals surface area (Å²) >= 11 is 3.25. The highest BCUT2D eigenvalue weighted by atomic mass is 32.2. The molecule has 2 saturated heterocycles. The number of carbonyl (C=O) groups excluding carboxylic acids is 1. The van der Waals surface area contributed by atoms with Crippen molar-refractivity contribution in [2.24, 2.45) is 0 Å². The van der Waals surface area contributed by atoms with E-state index in [1.165, 1.54) is 22.2 Å². The Morgan fingerprint density at radius 2 is 2.15 bits per heavy atom. The Balaban J connectivity index is 1.48. The average molecular weight is 409 g/mol. The number of aliphatic hydroxyl groups is 1. The lowest BCUT2D eigenvalue weighted by atomic mass is 9.91. The third-order valence-corrected chi connectivity index (χ3v) is 7.70. The van der Waals surface area contributed by atoms with Crippen LogP contribution in [-0.2, 0) is 11.3 Å². The number of thiophene rings is 1. The molecule has 2 fully saturated rings. The highest BCUT2D eigenvalue weighted by Crippen LogP contribution is 2.27. The molecule has 2 aromatic heterocycles. The summed E-state index contributed by atoms with van der Waals surface area (Å²) in [5.41, 5.74) is -0.121. The third kappa shape index (κ3) is 3.53. The monoisotopic (exact) mass is 408 g/mol. The minimum atomic E-state index is -0.993. The number of amides is 1. The van der Waals surface area contributed by atoms with E-state index in [0.29, 0.717) is 31.3 Å². The van der Waals surface area contributed by atoms with Crippen LogP contribution in [0, 0.1) is 13.8 Å². The van der Waals surface area contributed by atoms with Gasteiger partial charge in [-0.05, 0) is 32.3 Å². The van der Waals surface area contributed by atoms with Crippen LogP contribution in [0.1, 0.15) is 23.3 Å². The molecule has 1 atom stereocenters. The van der Waals surface area contributed by atoms with Crippen LogP contribution in [0.25, 0.3) is 10.2 Å². The van der Waals surface area contributed by atoms with Crippen molar-refractivity contribution in [3.05, 3.63) is 27.1 Å². The second kappa shape index (κ2) is 7.20. The van der Waals surface area contributed by atoms with E-state index < -0.39 is 5.60 Å². The maximum Gasteiger partial charge on any atom is 0.262 e. The lowest BCUT2D eigenvalue weighted by Crippen LogP contribution is -2.53. The van der Waals surface area contributed by atoms with Gasteiger partial charge < -0.3 is 10.0 Å². The van der Waals surface area contributed by atoms with Crippen LogP contribution in [0.5, 0.6) is 0 Å². The predicted octanol–water partition coefficient (Wildman–Crippen LogP) is 1.09. The standard InChI is InChI=1S/C18H24N4O3S2/c1-11-12(2)27-15-14(11)17(24)22(9-19-15)8-18(25)3-5-21(6-4-18)16(23)13-7-26-10-20-13/h9,13,20,25H,3-8,10H2,1-2H3. The van der Waals surface area contributed by atoms with E-state index >= 15 is 0 Å². The molecule has 2 N–H and O–H groups in total. The van der Waals surface area contributed by atoms with Gasteiger partial charge in [0.2, 0.25) is 5.91 Å². The molecule has 2 aliphatic heterocycles. The van der Waals surface area contributed by atoms with E-state index in [1.807, 2.05) is 18.7 Å². The summed E-state index contributed by atoms with van der Waals surface area (Å²) in [5, 5.41) is 14.9. The van der Waals surface area contributed by atoms with Crippen molar-refractivity contribution in [1.29, 1.82) is 0 Å². The van der Waals surface area contributed by atoms with E-state index in [-0.39, 0.29) is 24.1 Å². The van der Waals surface area contributed by atoms with Gasteiger partial charge in [-0.15, -0.1) is 23.1 Å². The van der Waals surface area contributed by atoms with Gasteiger partial charge >= 0.3 is 0 Å². The van der Waals surface area contributed by atoms with Gasteiger partial charge in [-0.1, -0.05) is 0 Å². The Morgan fingerprint density at radius 1 is 1.41 bits per heavy atom. The van der Waals surface area contributed by atoms with E-state index in [0.717, 1.165) is 26.9 Å². The fourth-order valence-electron chi connectivity index (χ4n) is 3.78. The lowest BCUT2D eigenvalue weighted by molar-refractivity contribution is -0.137. The smallest absolute Gasteiger partial charge is 0.262 e. The molecule has 0 bridgehead atoms. The number of piperidine rings is 1. The Kier molecular flexibility index (Phi) is 5.04. The summed E-state index contributed by atoms with van der Waals surface area (Å²) in [6, 6.07) is -0.111. The van der Waals surface area contributed by atoms with Crippen LogP contribution < -0.4 is 10.9 Å². The van der Waals surface area contributed by atoms with Crippen molar-refractivity contribution >= 4 is 39.2 Å². The first-order valence-electron chi connectivity index (χ1n) is 9.15. The number of nitrogens with one attached hydrogen (secondary N) is 1. The molecule has 4 rings (SSSR count). The van der Waals surface area contributed by atoms with Gasteiger partial charge in [-0.2, -0.15) is 0 Å². The molecule has 0 radical (unpaired) electrons. The number of nitrogens with zero attached hydrogens (tertiary/aromatic N) is 3. The molecule has 1 amide bonds. The van der Waals surface area contributed by atoms with Crippen LogP contribution in [-0.4, -0.2) is 61.8 Å². The van der Waals surface area contributed by atoms with Gasteiger partial charge in [0.05, 0.1) is 29.9 Å². The molecular weight excluding hydrogens is 384 g/mol. The van der Waals surface area contributed by atoms with Gasteiger partial charge in [0.25, 0.3) is 5.56 Å². The number of carbonyl (C=O) groups is 1. The quantitative estimate of drug-likeness (QED) is 0.791. The molecule has 1 unspecified atom stereocenters. The largest absolute Gasteiger partial charge is 0.388 e. The molecular formula is C18H24N4O3S2. The average Bonchev–Trinajstić information content (AvgIpc) is 3.27. The van der Waals surface area contributed by atoms with Crippen LogP contribution in [0.4, 0.5) is 0 Å². The van der Waals surface area contributed by atoms with E-state index in [2.05, 4.69) is 10.3 Å². The zero-order chi connectivity index (χ0) is 19.2. The molecule has 9 heteroatoms. The Hall–Kier alpha value is -1.42. The Morgan fingerprint density at radius 3 is 2.81 bits per heavy atom.